The molecule has 1 aliphatic carbocycles. The fraction of sp³-hybridized carbons (Fsp3) is 0.640. The zero-order chi connectivity index (χ0) is 24.5. The summed E-state index contributed by atoms with van der Waals surface area (Å²) in [5.74, 6) is 1.45. The maximum atomic E-state index is 9.68. The van der Waals surface area contributed by atoms with Crippen molar-refractivity contribution < 1.29 is 9.47 Å². The third-order valence-electron chi connectivity index (χ3n) is 6.93. The maximum Gasteiger partial charge on any atom is 0.149 e. The second-order valence-electron chi connectivity index (χ2n) is 9.69. The number of nitriles is 1. The normalized spacial score (nSPS) is 22.7. The lowest BCUT2D eigenvalue weighted by atomic mass is 9.82. The molecule has 3 N–H and O–H groups in total. The highest BCUT2D eigenvalue weighted by Crippen LogP contribution is 2.30. The Kier molecular flexibility index (Phi) is 8.79. The van der Waals surface area contributed by atoms with Gasteiger partial charge < -0.3 is 25.4 Å². The van der Waals surface area contributed by atoms with Crippen LogP contribution in [0.2, 0.25) is 0 Å². The molecule has 10 nitrogen and oxygen atoms in total. The Balaban J connectivity index is 1.33. The van der Waals surface area contributed by atoms with E-state index in [1.54, 1.807) is 19.6 Å². The molecule has 2 aromatic heterocycles. The molecule has 1 saturated carbocycles. The fourth-order valence-corrected chi connectivity index (χ4v) is 4.85. The summed E-state index contributed by atoms with van der Waals surface area (Å²) in [5.41, 5.74) is 1.20. The molecule has 2 fully saturated rings. The number of hydrogen-bond donors (Lipinski definition) is 3. The minimum absolute atomic E-state index is 0.370. The number of ether oxygens (including phenoxy) is 2. The van der Waals surface area contributed by atoms with E-state index >= 15 is 0 Å². The van der Waals surface area contributed by atoms with Crippen LogP contribution in [-0.2, 0) is 9.47 Å². The number of aromatic nitrogens is 4. The van der Waals surface area contributed by atoms with E-state index < -0.39 is 5.41 Å². The van der Waals surface area contributed by atoms with Gasteiger partial charge in [-0.1, -0.05) is 0 Å². The van der Waals surface area contributed by atoms with Gasteiger partial charge in [0.25, 0.3) is 0 Å². The van der Waals surface area contributed by atoms with Gasteiger partial charge in [0.1, 0.15) is 18.0 Å². The lowest BCUT2D eigenvalue weighted by Crippen LogP contribution is -2.42. The van der Waals surface area contributed by atoms with Crippen molar-refractivity contribution in [2.75, 3.05) is 44.1 Å². The number of anilines is 2. The average molecular weight is 481 g/mol. The van der Waals surface area contributed by atoms with Crippen LogP contribution in [0.15, 0.2) is 24.7 Å². The van der Waals surface area contributed by atoms with E-state index in [-0.39, 0.29) is 0 Å². The molecular weight excluding hydrogens is 444 g/mol. The molecule has 0 radical (unpaired) electrons. The number of nitrogens with one attached hydrogen (secondary N) is 3. The van der Waals surface area contributed by atoms with Gasteiger partial charge in [-0.15, -0.1) is 5.10 Å². The second-order valence-corrected chi connectivity index (χ2v) is 9.69. The first-order chi connectivity index (χ1) is 17.1. The third-order valence-corrected chi connectivity index (χ3v) is 6.93. The third kappa shape index (κ3) is 7.07. The van der Waals surface area contributed by atoms with E-state index in [1.807, 2.05) is 12.1 Å². The molecule has 0 spiro atoms. The lowest BCUT2D eigenvalue weighted by molar-refractivity contribution is 0.0455. The van der Waals surface area contributed by atoms with Gasteiger partial charge in [-0.2, -0.15) is 10.4 Å². The Morgan fingerprint density at radius 1 is 1.14 bits per heavy atom. The van der Waals surface area contributed by atoms with Crippen LogP contribution in [0.1, 0.15) is 45.4 Å². The van der Waals surface area contributed by atoms with Crippen LogP contribution in [-0.4, -0.2) is 71.8 Å². The monoisotopic (exact) mass is 480 g/mol. The SMILES string of the molecule is COC[C@H](C)NC1CCC(Nc2cc(-c3cnnc(NCC4(C#N)CCOCC4)c3)ncn2)CC1. The molecule has 0 unspecified atom stereocenters. The van der Waals surface area contributed by atoms with Gasteiger partial charge in [-0.25, -0.2) is 9.97 Å². The summed E-state index contributed by atoms with van der Waals surface area (Å²) in [6.07, 6.45) is 9.15. The Morgan fingerprint density at radius 3 is 2.66 bits per heavy atom. The van der Waals surface area contributed by atoms with Crippen LogP contribution in [0.4, 0.5) is 11.6 Å². The molecule has 4 rings (SSSR count). The predicted octanol–water partition coefficient (Wildman–Crippen LogP) is 3.01. The highest BCUT2D eigenvalue weighted by Gasteiger charge is 2.32. The summed E-state index contributed by atoms with van der Waals surface area (Å²) in [4.78, 5) is 8.89. The molecular formula is C25H36N8O2. The summed E-state index contributed by atoms with van der Waals surface area (Å²) in [6.45, 7) is 4.64. The zero-order valence-electron chi connectivity index (χ0n) is 20.7. The molecule has 3 heterocycles. The Labute approximate surface area is 207 Å². The molecule has 188 valence electrons. The van der Waals surface area contributed by atoms with E-state index in [1.165, 1.54) is 0 Å². The Hall–Kier alpha value is -2.87. The van der Waals surface area contributed by atoms with Crippen molar-refractivity contribution in [3.63, 3.8) is 0 Å². The Morgan fingerprint density at radius 2 is 1.91 bits per heavy atom. The molecule has 10 heteroatoms. The molecule has 2 aliphatic rings. The van der Waals surface area contributed by atoms with Crippen molar-refractivity contribution in [2.24, 2.45) is 5.41 Å². The van der Waals surface area contributed by atoms with Crippen molar-refractivity contribution in [3.8, 4) is 17.3 Å². The number of hydrogen-bond acceptors (Lipinski definition) is 10. The van der Waals surface area contributed by atoms with Crippen LogP contribution >= 0.6 is 0 Å². The van der Waals surface area contributed by atoms with E-state index in [9.17, 15) is 5.26 Å². The molecule has 2 aromatic rings. The van der Waals surface area contributed by atoms with Crippen LogP contribution in [0.3, 0.4) is 0 Å². The van der Waals surface area contributed by atoms with Gasteiger partial charge in [0.05, 0.1) is 30.0 Å². The predicted molar refractivity (Wildman–Crippen MR) is 134 cm³/mol. The number of nitrogens with zero attached hydrogens (tertiary/aromatic N) is 5. The standard InChI is InChI=1S/C25H36N8O2/c1-18(14-34-2)31-20-3-5-21(6-4-20)32-23-12-22(28-17-29-23)19-11-24(33-30-13-19)27-16-25(15-26)7-9-35-10-8-25/h11-13,17-18,20-21,31H,3-10,14,16H2,1-2H3,(H,27,33)(H,28,29,32)/t18-,20?,21?/m0/s1. The van der Waals surface area contributed by atoms with E-state index in [2.05, 4.69) is 49.1 Å². The van der Waals surface area contributed by atoms with E-state index in [0.29, 0.717) is 56.5 Å². The van der Waals surface area contributed by atoms with E-state index in [4.69, 9.17) is 9.47 Å². The van der Waals surface area contributed by atoms with Crippen LogP contribution < -0.4 is 16.0 Å². The van der Waals surface area contributed by atoms with Crippen molar-refractivity contribution in [3.05, 3.63) is 24.7 Å². The summed E-state index contributed by atoms with van der Waals surface area (Å²) in [5, 5.41) is 28.6. The molecule has 0 bridgehead atoms. The first-order valence-electron chi connectivity index (χ1n) is 12.5. The van der Waals surface area contributed by atoms with Gasteiger partial charge in [0, 0.05) is 56.6 Å². The lowest BCUT2D eigenvalue weighted by Gasteiger charge is -2.31. The molecule has 1 saturated heterocycles. The summed E-state index contributed by atoms with van der Waals surface area (Å²) in [6, 6.07) is 7.64. The summed E-state index contributed by atoms with van der Waals surface area (Å²) < 4.78 is 10.6. The smallest absolute Gasteiger partial charge is 0.149 e. The number of rotatable bonds is 10. The van der Waals surface area contributed by atoms with Crippen LogP contribution in [0.25, 0.3) is 11.3 Å². The first kappa shape index (κ1) is 25.2. The van der Waals surface area contributed by atoms with Crippen LogP contribution in [0, 0.1) is 16.7 Å². The van der Waals surface area contributed by atoms with Gasteiger partial charge >= 0.3 is 0 Å². The summed E-state index contributed by atoms with van der Waals surface area (Å²) in [7, 11) is 1.74. The minimum Gasteiger partial charge on any atom is -0.383 e. The van der Waals surface area contributed by atoms with E-state index in [0.717, 1.165) is 49.4 Å². The van der Waals surface area contributed by atoms with Crippen molar-refractivity contribution in [2.45, 2.75) is 63.6 Å². The zero-order valence-corrected chi connectivity index (χ0v) is 20.7. The van der Waals surface area contributed by atoms with Crippen molar-refractivity contribution in [1.82, 2.24) is 25.5 Å². The highest BCUT2D eigenvalue weighted by atomic mass is 16.5. The molecule has 1 aliphatic heterocycles. The molecule has 0 amide bonds. The molecule has 35 heavy (non-hydrogen) atoms. The topological polar surface area (TPSA) is 130 Å². The summed E-state index contributed by atoms with van der Waals surface area (Å²) >= 11 is 0. The maximum absolute atomic E-state index is 9.68. The van der Waals surface area contributed by atoms with Gasteiger partial charge in [0.2, 0.25) is 0 Å². The van der Waals surface area contributed by atoms with Gasteiger partial charge in [-0.3, -0.25) is 0 Å². The first-order valence-corrected chi connectivity index (χ1v) is 12.5. The van der Waals surface area contributed by atoms with Gasteiger partial charge in [0.15, 0.2) is 0 Å². The van der Waals surface area contributed by atoms with Crippen molar-refractivity contribution >= 4 is 11.6 Å². The average Bonchev–Trinajstić information content (AvgIpc) is 2.90. The largest absolute Gasteiger partial charge is 0.383 e. The van der Waals surface area contributed by atoms with Crippen LogP contribution in [0.5, 0.6) is 0 Å². The van der Waals surface area contributed by atoms with Gasteiger partial charge in [-0.05, 0) is 51.5 Å². The minimum atomic E-state index is -0.432. The second kappa shape index (κ2) is 12.2. The number of methoxy groups -OCH3 is 1. The molecule has 0 aromatic carbocycles. The van der Waals surface area contributed by atoms with Crippen molar-refractivity contribution in [1.29, 1.82) is 5.26 Å². The fourth-order valence-electron chi connectivity index (χ4n) is 4.85. The quantitative estimate of drug-likeness (QED) is 0.466. The highest BCUT2D eigenvalue weighted by molar-refractivity contribution is 5.64. The Bertz CT molecular complexity index is 983. The molecule has 1 atom stereocenters.